The highest BCUT2D eigenvalue weighted by Crippen LogP contribution is 2.30. The second kappa shape index (κ2) is 8.91. The molecule has 2 rings (SSSR count). The topological polar surface area (TPSA) is 89.0 Å². The third-order valence-corrected chi connectivity index (χ3v) is 3.46. The van der Waals surface area contributed by atoms with Gasteiger partial charge >= 0.3 is 0 Å². The standard InChI is InChI=1S/C18H17ClFN5O2/c1-10(19)7-12(11(2)20)16-23-9-15(27-4)17(25-16)24-14-5-6-22-8-13(14)18(26)21-3/h5-9H,1-2H2,3-4H3,(H,21,26)(H,22,23,24,25)/b12-7+. The zero-order valence-corrected chi connectivity index (χ0v) is 15.5. The van der Waals surface area contributed by atoms with E-state index >= 15 is 0 Å². The van der Waals surface area contributed by atoms with E-state index in [1.807, 2.05) is 0 Å². The number of allylic oxidation sites excluding steroid dienone is 4. The molecule has 0 aliphatic rings. The fraction of sp³-hybridized carbons (Fsp3) is 0.111. The Hall–Kier alpha value is -3.26. The SMILES string of the molecule is C=C(Cl)/C=C(\C(=C)F)c1ncc(OC)c(Nc2ccncc2C(=O)NC)n1. The number of aromatic nitrogens is 3. The molecule has 140 valence electrons. The normalized spacial score (nSPS) is 10.9. The minimum absolute atomic E-state index is 0.0168. The second-order valence-electron chi connectivity index (χ2n) is 5.15. The van der Waals surface area contributed by atoms with E-state index in [0.717, 1.165) is 0 Å². The quantitative estimate of drug-likeness (QED) is 0.703. The summed E-state index contributed by atoms with van der Waals surface area (Å²) in [5.41, 5.74) is 0.697. The van der Waals surface area contributed by atoms with Gasteiger partial charge in [0.05, 0.1) is 30.1 Å². The maximum absolute atomic E-state index is 13.8. The molecule has 2 N–H and O–H groups in total. The molecule has 0 aliphatic heterocycles. The van der Waals surface area contributed by atoms with Crippen LogP contribution in [-0.2, 0) is 0 Å². The molecular weight excluding hydrogens is 373 g/mol. The lowest BCUT2D eigenvalue weighted by atomic mass is 10.2. The Morgan fingerprint density at radius 3 is 2.70 bits per heavy atom. The van der Waals surface area contributed by atoms with Crippen molar-refractivity contribution in [2.24, 2.45) is 0 Å². The van der Waals surface area contributed by atoms with Crippen molar-refractivity contribution in [3.63, 3.8) is 0 Å². The first-order chi connectivity index (χ1) is 12.9. The van der Waals surface area contributed by atoms with Gasteiger partial charge < -0.3 is 15.4 Å². The molecule has 0 aliphatic carbocycles. The van der Waals surface area contributed by atoms with Crippen molar-refractivity contribution >= 4 is 34.6 Å². The van der Waals surface area contributed by atoms with Crippen LogP contribution in [0.2, 0.25) is 0 Å². The number of amides is 1. The number of hydrogen-bond donors (Lipinski definition) is 2. The molecule has 2 aromatic heterocycles. The molecule has 0 spiro atoms. The summed E-state index contributed by atoms with van der Waals surface area (Å²) in [5, 5.41) is 5.60. The van der Waals surface area contributed by atoms with Gasteiger partial charge in [-0.1, -0.05) is 24.8 Å². The fourth-order valence-corrected chi connectivity index (χ4v) is 2.22. The first-order valence-corrected chi connectivity index (χ1v) is 8.00. The molecule has 7 nitrogen and oxygen atoms in total. The van der Waals surface area contributed by atoms with Gasteiger partial charge in [-0.05, 0) is 12.1 Å². The lowest BCUT2D eigenvalue weighted by Crippen LogP contribution is -2.19. The van der Waals surface area contributed by atoms with Gasteiger partial charge in [0.15, 0.2) is 17.4 Å². The number of carbonyl (C=O) groups is 1. The van der Waals surface area contributed by atoms with E-state index in [9.17, 15) is 9.18 Å². The molecular formula is C18H17ClFN5O2. The van der Waals surface area contributed by atoms with E-state index in [4.69, 9.17) is 16.3 Å². The molecule has 9 heteroatoms. The average molecular weight is 390 g/mol. The monoisotopic (exact) mass is 389 g/mol. The summed E-state index contributed by atoms with van der Waals surface area (Å²) in [6.07, 6.45) is 5.54. The molecule has 0 bridgehead atoms. The Labute approximate surface area is 160 Å². The van der Waals surface area contributed by atoms with Crippen LogP contribution in [0.4, 0.5) is 15.9 Å². The van der Waals surface area contributed by atoms with Crippen molar-refractivity contribution < 1.29 is 13.9 Å². The number of rotatable bonds is 7. The van der Waals surface area contributed by atoms with Crippen LogP contribution in [0.1, 0.15) is 16.2 Å². The van der Waals surface area contributed by atoms with Crippen molar-refractivity contribution in [1.29, 1.82) is 0 Å². The first-order valence-electron chi connectivity index (χ1n) is 7.62. The van der Waals surface area contributed by atoms with Gasteiger partial charge in [0.2, 0.25) is 0 Å². The maximum atomic E-state index is 13.8. The van der Waals surface area contributed by atoms with Crippen molar-refractivity contribution in [2.45, 2.75) is 0 Å². The van der Waals surface area contributed by atoms with E-state index in [1.165, 1.54) is 38.8 Å². The average Bonchev–Trinajstić information content (AvgIpc) is 2.65. The van der Waals surface area contributed by atoms with Crippen LogP contribution in [0.5, 0.6) is 5.75 Å². The van der Waals surface area contributed by atoms with Crippen molar-refractivity contribution in [1.82, 2.24) is 20.3 Å². The number of nitrogens with zero attached hydrogens (tertiary/aromatic N) is 3. The van der Waals surface area contributed by atoms with Crippen molar-refractivity contribution in [3.05, 3.63) is 66.1 Å². The molecule has 0 radical (unpaired) electrons. The van der Waals surface area contributed by atoms with Gasteiger partial charge in [-0.2, -0.15) is 0 Å². The number of nitrogens with one attached hydrogen (secondary N) is 2. The van der Waals surface area contributed by atoms with Crippen LogP contribution in [-0.4, -0.2) is 35.0 Å². The summed E-state index contributed by atoms with van der Waals surface area (Å²) >= 11 is 5.74. The molecule has 0 aromatic carbocycles. The number of methoxy groups -OCH3 is 1. The highest BCUT2D eigenvalue weighted by Gasteiger charge is 2.16. The first kappa shape index (κ1) is 20.1. The van der Waals surface area contributed by atoms with Gasteiger partial charge in [-0.25, -0.2) is 14.4 Å². The summed E-state index contributed by atoms with van der Waals surface area (Å²) in [6.45, 7) is 6.76. The third kappa shape index (κ3) is 4.89. The van der Waals surface area contributed by atoms with E-state index in [2.05, 4.69) is 38.7 Å². The largest absolute Gasteiger partial charge is 0.491 e. The molecule has 0 unspecified atom stereocenters. The van der Waals surface area contributed by atoms with E-state index < -0.39 is 5.83 Å². The zero-order valence-electron chi connectivity index (χ0n) is 14.7. The van der Waals surface area contributed by atoms with Gasteiger partial charge in [-0.15, -0.1) is 0 Å². The number of halogens is 2. The van der Waals surface area contributed by atoms with Crippen molar-refractivity contribution in [3.8, 4) is 5.75 Å². The summed E-state index contributed by atoms with van der Waals surface area (Å²) in [4.78, 5) is 24.3. The zero-order chi connectivity index (χ0) is 20.0. The predicted octanol–water partition coefficient (Wildman–Crippen LogP) is 3.60. The molecule has 1 amide bonds. The lowest BCUT2D eigenvalue weighted by molar-refractivity contribution is 0.0963. The van der Waals surface area contributed by atoms with Crippen LogP contribution in [0.3, 0.4) is 0 Å². The molecule has 2 aromatic rings. The smallest absolute Gasteiger partial charge is 0.254 e. The molecule has 27 heavy (non-hydrogen) atoms. The Bertz CT molecular complexity index is 930. The second-order valence-corrected chi connectivity index (χ2v) is 5.63. The fourth-order valence-electron chi connectivity index (χ4n) is 2.11. The highest BCUT2D eigenvalue weighted by atomic mass is 35.5. The van der Waals surface area contributed by atoms with Crippen molar-refractivity contribution in [2.75, 3.05) is 19.5 Å². The molecule has 0 atom stereocenters. The Balaban J connectivity index is 2.53. The number of hydrogen-bond acceptors (Lipinski definition) is 6. The number of carbonyl (C=O) groups excluding carboxylic acids is 1. The highest BCUT2D eigenvalue weighted by molar-refractivity contribution is 6.31. The molecule has 0 fully saturated rings. The van der Waals surface area contributed by atoms with Crippen LogP contribution < -0.4 is 15.4 Å². The third-order valence-electron chi connectivity index (χ3n) is 3.36. The number of ether oxygens (including phenoxy) is 1. The number of pyridine rings is 1. The van der Waals surface area contributed by atoms with Gasteiger partial charge in [0.25, 0.3) is 5.91 Å². The van der Waals surface area contributed by atoms with E-state index in [1.54, 1.807) is 6.07 Å². The summed E-state index contributed by atoms with van der Waals surface area (Å²) in [6, 6.07) is 1.59. The van der Waals surface area contributed by atoms with Crippen LogP contribution >= 0.6 is 11.6 Å². The van der Waals surface area contributed by atoms with E-state index in [0.29, 0.717) is 11.3 Å². The molecule has 0 saturated carbocycles. The van der Waals surface area contributed by atoms with Gasteiger partial charge in [-0.3, -0.25) is 9.78 Å². The Morgan fingerprint density at radius 2 is 2.11 bits per heavy atom. The minimum Gasteiger partial charge on any atom is -0.491 e. The van der Waals surface area contributed by atoms with Crippen LogP contribution in [0.15, 0.2) is 54.7 Å². The summed E-state index contributed by atoms with van der Waals surface area (Å²) < 4.78 is 19.1. The number of anilines is 2. The van der Waals surface area contributed by atoms with Crippen LogP contribution in [0.25, 0.3) is 5.57 Å². The van der Waals surface area contributed by atoms with Crippen LogP contribution in [0, 0.1) is 0 Å². The summed E-state index contributed by atoms with van der Waals surface area (Å²) in [7, 11) is 2.94. The Kier molecular flexibility index (Phi) is 6.62. The maximum Gasteiger partial charge on any atom is 0.254 e. The molecule has 0 saturated heterocycles. The van der Waals surface area contributed by atoms with Gasteiger partial charge in [0.1, 0.15) is 5.83 Å². The molecule has 2 heterocycles. The van der Waals surface area contributed by atoms with E-state index in [-0.39, 0.29) is 33.9 Å². The minimum atomic E-state index is -0.775. The lowest BCUT2D eigenvalue weighted by Gasteiger charge is -2.14. The van der Waals surface area contributed by atoms with Gasteiger partial charge in [0, 0.05) is 24.5 Å². The summed E-state index contributed by atoms with van der Waals surface area (Å²) in [5.74, 6) is -0.598. The predicted molar refractivity (Wildman–Crippen MR) is 103 cm³/mol. The Morgan fingerprint density at radius 1 is 1.37 bits per heavy atom.